The number of aliphatic hydroxyl groups is 1. The molecule has 2 atom stereocenters. The molecule has 5 nitrogen and oxygen atoms in total. The summed E-state index contributed by atoms with van der Waals surface area (Å²) in [5.41, 5.74) is -0.116. The molecule has 0 aliphatic heterocycles. The fourth-order valence-electron chi connectivity index (χ4n) is 2.23. The average Bonchev–Trinajstić information content (AvgIpc) is 2.34. The second kappa shape index (κ2) is 5.49. The maximum absolute atomic E-state index is 13.4. The fourth-order valence-corrected chi connectivity index (χ4v) is 2.39. The molecular weight excluding hydrogens is 294 g/mol. The van der Waals surface area contributed by atoms with Gasteiger partial charge in [0.05, 0.1) is 11.7 Å². The first-order chi connectivity index (χ1) is 9.31. The summed E-state index contributed by atoms with van der Waals surface area (Å²) in [5.74, 6) is -4.44. The smallest absolute Gasteiger partial charge is 0.339 e. The van der Waals surface area contributed by atoms with Gasteiger partial charge < -0.3 is 15.5 Å². The van der Waals surface area contributed by atoms with Crippen LogP contribution in [-0.2, 0) is 0 Å². The molecule has 1 fully saturated rings. The summed E-state index contributed by atoms with van der Waals surface area (Å²) in [7, 11) is 0. The Morgan fingerprint density at radius 1 is 1.55 bits per heavy atom. The number of alkyl halides is 2. The highest BCUT2D eigenvalue weighted by Crippen LogP contribution is 2.35. The van der Waals surface area contributed by atoms with Gasteiger partial charge >= 0.3 is 5.97 Å². The minimum absolute atomic E-state index is 0.0366. The Kier molecular flexibility index (Phi) is 4.10. The third kappa shape index (κ3) is 2.99. The molecule has 0 aromatic carbocycles. The van der Waals surface area contributed by atoms with Crippen LogP contribution in [0.5, 0.6) is 0 Å². The number of carbonyl (C=O) groups is 1. The predicted molar refractivity (Wildman–Crippen MR) is 68.4 cm³/mol. The minimum Gasteiger partial charge on any atom is -0.478 e. The Hall–Kier alpha value is -1.47. The second-order valence-electron chi connectivity index (χ2n) is 4.71. The van der Waals surface area contributed by atoms with E-state index >= 15 is 0 Å². The van der Waals surface area contributed by atoms with E-state index in [4.69, 9.17) is 16.7 Å². The molecule has 2 rings (SSSR count). The van der Waals surface area contributed by atoms with Gasteiger partial charge in [-0.3, -0.25) is 0 Å². The van der Waals surface area contributed by atoms with Crippen molar-refractivity contribution in [2.24, 2.45) is 0 Å². The van der Waals surface area contributed by atoms with Crippen molar-refractivity contribution in [1.82, 2.24) is 4.98 Å². The van der Waals surface area contributed by atoms with Crippen LogP contribution in [0, 0.1) is 0 Å². The van der Waals surface area contributed by atoms with E-state index in [1.54, 1.807) is 0 Å². The van der Waals surface area contributed by atoms with Crippen LogP contribution in [-0.4, -0.2) is 39.2 Å². The van der Waals surface area contributed by atoms with Gasteiger partial charge in [0.2, 0.25) is 0 Å². The van der Waals surface area contributed by atoms with Crippen molar-refractivity contribution >= 4 is 23.3 Å². The number of rotatable bonds is 3. The van der Waals surface area contributed by atoms with Gasteiger partial charge in [-0.1, -0.05) is 11.6 Å². The number of nitrogens with one attached hydrogen (secondary N) is 1. The lowest BCUT2D eigenvalue weighted by atomic mass is 9.89. The number of hydrogen-bond donors (Lipinski definition) is 3. The van der Waals surface area contributed by atoms with Gasteiger partial charge in [0.1, 0.15) is 16.8 Å². The molecule has 0 unspecified atom stereocenters. The van der Waals surface area contributed by atoms with Gasteiger partial charge in [0, 0.05) is 12.6 Å². The zero-order valence-corrected chi connectivity index (χ0v) is 11.1. The molecule has 0 amide bonds. The molecule has 1 aliphatic rings. The van der Waals surface area contributed by atoms with Gasteiger partial charge in [-0.05, 0) is 18.9 Å². The van der Waals surface area contributed by atoms with Crippen LogP contribution < -0.4 is 5.32 Å². The lowest BCUT2D eigenvalue weighted by Crippen LogP contribution is -2.49. The number of aromatic carboxylic acids is 1. The summed E-state index contributed by atoms with van der Waals surface area (Å²) in [6.45, 7) is 0. The normalized spacial score (nSPS) is 25.2. The lowest BCUT2D eigenvalue weighted by Gasteiger charge is -2.35. The van der Waals surface area contributed by atoms with Crippen LogP contribution in [0.15, 0.2) is 12.3 Å². The average molecular weight is 307 g/mol. The summed E-state index contributed by atoms with van der Waals surface area (Å²) in [5, 5.41) is 21.3. The van der Waals surface area contributed by atoms with Crippen molar-refractivity contribution in [3.63, 3.8) is 0 Å². The first-order valence-corrected chi connectivity index (χ1v) is 6.40. The molecule has 1 heterocycles. The highest BCUT2D eigenvalue weighted by molar-refractivity contribution is 6.29. The fraction of sp³-hybridized carbons (Fsp3) is 0.500. The number of carboxylic acids is 1. The van der Waals surface area contributed by atoms with E-state index in [1.165, 1.54) is 6.07 Å². The predicted octanol–water partition coefficient (Wildman–Crippen LogP) is 2.39. The van der Waals surface area contributed by atoms with Crippen molar-refractivity contribution in [3.8, 4) is 0 Å². The Morgan fingerprint density at radius 3 is 2.90 bits per heavy atom. The van der Waals surface area contributed by atoms with Crippen molar-refractivity contribution in [2.45, 2.75) is 37.3 Å². The molecule has 110 valence electrons. The van der Waals surface area contributed by atoms with Gasteiger partial charge in [0.25, 0.3) is 5.92 Å². The van der Waals surface area contributed by atoms with Gasteiger partial charge in [-0.25, -0.2) is 18.6 Å². The molecule has 1 aliphatic carbocycles. The Morgan fingerprint density at radius 2 is 2.25 bits per heavy atom. The Bertz CT molecular complexity index is 527. The number of anilines is 1. The van der Waals surface area contributed by atoms with Crippen molar-refractivity contribution < 1.29 is 23.8 Å². The van der Waals surface area contributed by atoms with Crippen molar-refractivity contribution in [1.29, 1.82) is 0 Å². The van der Waals surface area contributed by atoms with E-state index in [0.29, 0.717) is 6.42 Å². The molecule has 1 aromatic rings. The number of hydrogen-bond acceptors (Lipinski definition) is 4. The largest absolute Gasteiger partial charge is 0.478 e. The summed E-state index contributed by atoms with van der Waals surface area (Å²) >= 11 is 5.68. The van der Waals surface area contributed by atoms with E-state index in [-0.39, 0.29) is 29.2 Å². The van der Waals surface area contributed by atoms with Crippen LogP contribution >= 0.6 is 11.6 Å². The maximum Gasteiger partial charge on any atom is 0.339 e. The molecular formula is C12H13ClF2N2O3. The van der Waals surface area contributed by atoms with Gasteiger partial charge in [0.15, 0.2) is 0 Å². The Balaban J connectivity index is 2.25. The zero-order valence-electron chi connectivity index (χ0n) is 10.3. The molecule has 0 radical (unpaired) electrons. The van der Waals surface area contributed by atoms with Gasteiger partial charge in [-0.2, -0.15) is 0 Å². The SMILES string of the molecule is O=C(O)c1cnc(Cl)cc1N[C@H]1CCCC(F)(F)[C@@H]1O. The van der Waals surface area contributed by atoms with E-state index in [2.05, 4.69) is 10.3 Å². The number of aromatic nitrogens is 1. The summed E-state index contributed by atoms with van der Waals surface area (Å²) in [4.78, 5) is 14.7. The van der Waals surface area contributed by atoms with Crippen LogP contribution in [0.25, 0.3) is 0 Å². The first kappa shape index (κ1) is 14.9. The van der Waals surface area contributed by atoms with Gasteiger partial charge in [-0.15, -0.1) is 0 Å². The number of halogens is 3. The second-order valence-corrected chi connectivity index (χ2v) is 5.09. The molecule has 1 aromatic heterocycles. The standard InChI is InChI=1S/C12H13ClF2N2O3/c13-9-4-8(6(5-16-9)11(19)20)17-7-2-1-3-12(14,15)10(7)18/h4-5,7,10,18H,1-3H2,(H,16,17)(H,19,20)/t7-,10+/m0/s1. The molecule has 1 saturated carbocycles. The van der Waals surface area contributed by atoms with E-state index < -0.39 is 24.0 Å². The van der Waals surface area contributed by atoms with Crippen LogP contribution in [0.2, 0.25) is 5.15 Å². The molecule has 0 spiro atoms. The number of pyridine rings is 1. The topological polar surface area (TPSA) is 82.5 Å². The summed E-state index contributed by atoms with van der Waals surface area (Å²) in [6.07, 6.45) is -0.654. The number of nitrogens with zero attached hydrogens (tertiary/aromatic N) is 1. The summed E-state index contributed by atoms with van der Waals surface area (Å²) < 4.78 is 26.9. The molecule has 3 N–H and O–H groups in total. The zero-order chi connectivity index (χ0) is 14.9. The molecule has 0 bridgehead atoms. The highest BCUT2D eigenvalue weighted by atomic mass is 35.5. The first-order valence-electron chi connectivity index (χ1n) is 6.02. The van der Waals surface area contributed by atoms with E-state index in [0.717, 1.165) is 6.20 Å². The monoisotopic (exact) mass is 306 g/mol. The lowest BCUT2D eigenvalue weighted by molar-refractivity contribution is -0.135. The number of carboxylic acid groups (broad SMARTS) is 1. The maximum atomic E-state index is 13.4. The van der Waals surface area contributed by atoms with E-state index in [9.17, 15) is 18.7 Å². The highest BCUT2D eigenvalue weighted by Gasteiger charge is 2.46. The third-order valence-electron chi connectivity index (χ3n) is 3.28. The molecule has 0 saturated heterocycles. The van der Waals surface area contributed by atoms with Crippen LogP contribution in [0.3, 0.4) is 0 Å². The molecule has 20 heavy (non-hydrogen) atoms. The quantitative estimate of drug-likeness (QED) is 0.747. The van der Waals surface area contributed by atoms with Crippen LogP contribution in [0.1, 0.15) is 29.6 Å². The Labute approximate surface area is 118 Å². The van der Waals surface area contributed by atoms with Crippen molar-refractivity contribution in [2.75, 3.05) is 5.32 Å². The summed E-state index contributed by atoms with van der Waals surface area (Å²) in [6, 6.07) is 0.306. The number of aliphatic hydroxyl groups excluding tert-OH is 1. The van der Waals surface area contributed by atoms with Crippen LogP contribution in [0.4, 0.5) is 14.5 Å². The van der Waals surface area contributed by atoms with Crippen molar-refractivity contribution in [3.05, 3.63) is 23.0 Å². The molecule has 8 heteroatoms. The minimum atomic E-state index is -3.18. The van der Waals surface area contributed by atoms with E-state index in [1.807, 2.05) is 0 Å². The third-order valence-corrected chi connectivity index (χ3v) is 3.49.